The molecule has 0 fully saturated rings. The Balaban J connectivity index is 2.33. The third-order valence-electron chi connectivity index (χ3n) is 3.06. The zero-order chi connectivity index (χ0) is 15.1. The minimum Gasteiger partial charge on any atom is -0.393 e. The molecular weight excluding hydrogens is 324 g/mol. The van der Waals surface area contributed by atoms with Gasteiger partial charge in [0.05, 0.1) is 6.10 Å². The summed E-state index contributed by atoms with van der Waals surface area (Å²) < 4.78 is 2.30. The second kappa shape index (κ2) is 8.21. The van der Waals surface area contributed by atoms with Crippen LogP contribution in [0.2, 0.25) is 0 Å². The molecule has 1 unspecified atom stereocenters. The Morgan fingerprint density at radius 2 is 2.15 bits per heavy atom. The molecule has 0 aromatic carbocycles. The van der Waals surface area contributed by atoms with Crippen molar-refractivity contribution in [2.24, 2.45) is 5.92 Å². The van der Waals surface area contributed by atoms with E-state index in [1.807, 2.05) is 13.8 Å². The highest BCUT2D eigenvalue weighted by Gasteiger charge is 2.09. The van der Waals surface area contributed by atoms with Gasteiger partial charge in [-0.25, -0.2) is 0 Å². The number of amides is 1. The molecule has 0 saturated carbocycles. The average molecular weight is 345 g/mol. The number of carbonyl (C=O) groups is 1. The lowest BCUT2D eigenvalue weighted by Gasteiger charge is -2.14. The molecule has 0 aliphatic carbocycles. The van der Waals surface area contributed by atoms with Crippen LogP contribution >= 0.6 is 15.9 Å². The van der Waals surface area contributed by atoms with Crippen LogP contribution < -0.4 is 10.9 Å². The molecule has 0 aliphatic rings. The molecule has 1 aromatic rings. The molecule has 112 valence electrons. The third-order valence-corrected chi connectivity index (χ3v) is 3.53. The van der Waals surface area contributed by atoms with Gasteiger partial charge in [0, 0.05) is 36.2 Å². The smallest absolute Gasteiger partial charge is 0.250 e. The molecule has 5 nitrogen and oxygen atoms in total. The van der Waals surface area contributed by atoms with Crippen molar-refractivity contribution in [1.29, 1.82) is 0 Å². The lowest BCUT2D eigenvalue weighted by Crippen LogP contribution is -2.30. The Kier molecular flexibility index (Phi) is 6.95. The van der Waals surface area contributed by atoms with Gasteiger partial charge in [0.1, 0.15) is 0 Å². The average Bonchev–Trinajstić information content (AvgIpc) is 2.39. The topological polar surface area (TPSA) is 71.3 Å². The van der Waals surface area contributed by atoms with E-state index in [1.54, 1.807) is 12.3 Å². The second-order valence-electron chi connectivity index (χ2n) is 5.08. The molecule has 1 amide bonds. The fourth-order valence-electron chi connectivity index (χ4n) is 1.68. The van der Waals surface area contributed by atoms with Crippen LogP contribution in [0.25, 0.3) is 0 Å². The summed E-state index contributed by atoms with van der Waals surface area (Å²) in [5, 5.41) is 12.4. The number of aromatic nitrogens is 1. The maximum Gasteiger partial charge on any atom is 0.250 e. The maximum atomic E-state index is 11.6. The van der Waals surface area contributed by atoms with E-state index in [4.69, 9.17) is 0 Å². The Morgan fingerprint density at radius 3 is 2.80 bits per heavy atom. The van der Waals surface area contributed by atoms with Crippen LogP contribution in [0.1, 0.15) is 26.7 Å². The number of hydrogen-bond acceptors (Lipinski definition) is 3. The largest absolute Gasteiger partial charge is 0.393 e. The summed E-state index contributed by atoms with van der Waals surface area (Å²) in [6, 6.07) is 3.13. The predicted molar refractivity (Wildman–Crippen MR) is 81.5 cm³/mol. The van der Waals surface area contributed by atoms with E-state index in [0.29, 0.717) is 19.5 Å². The molecule has 6 heteroatoms. The van der Waals surface area contributed by atoms with Crippen molar-refractivity contribution in [3.8, 4) is 0 Å². The normalized spacial score (nSPS) is 12.4. The van der Waals surface area contributed by atoms with Crippen molar-refractivity contribution in [2.75, 3.05) is 6.54 Å². The molecule has 2 N–H and O–H groups in total. The zero-order valence-corrected chi connectivity index (χ0v) is 13.4. The summed E-state index contributed by atoms with van der Waals surface area (Å²) in [4.78, 5) is 23.2. The number of aliphatic hydroxyl groups is 1. The first-order valence-corrected chi connectivity index (χ1v) is 7.50. The number of aryl methyl sites for hydroxylation is 1. The Labute approximate surface area is 127 Å². The Hall–Kier alpha value is -1.14. The third kappa shape index (κ3) is 5.88. The monoisotopic (exact) mass is 344 g/mol. The van der Waals surface area contributed by atoms with Crippen LogP contribution in [0, 0.1) is 5.92 Å². The van der Waals surface area contributed by atoms with Crippen LogP contribution in [0.4, 0.5) is 0 Å². The van der Waals surface area contributed by atoms with Gasteiger partial charge in [-0.1, -0.05) is 13.8 Å². The summed E-state index contributed by atoms with van der Waals surface area (Å²) in [7, 11) is 0. The van der Waals surface area contributed by atoms with Gasteiger partial charge < -0.3 is 15.0 Å². The van der Waals surface area contributed by atoms with Gasteiger partial charge in [-0.3, -0.25) is 9.59 Å². The molecule has 0 radical (unpaired) electrons. The first kappa shape index (κ1) is 16.9. The minimum atomic E-state index is -0.400. The molecule has 0 spiro atoms. The molecule has 1 atom stereocenters. The van der Waals surface area contributed by atoms with Crippen molar-refractivity contribution < 1.29 is 9.90 Å². The lowest BCUT2D eigenvalue weighted by molar-refractivity contribution is -0.121. The first-order chi connectivity index (χ1) is 9.40. The van der Waals surface area contributed by atoms with Crippen molar-refractivity contribution in [1.82, 2.24) is 9.88 Å². The van der Waals surface area contributed by atoms with Crippen molar-refractivity contribution in [2.45, 2.75) is 39.3 Å². The highest BCUT2D eigenvalue weighted by molar-refractivity contribution is 9.10. The fourth-order valence-corrected chi connectivity index (χ4v) is 2.06. The van der Waals surface area contributed by atoms with E-state index in [1.165, 1.54) is 10.6 Å². The minimum absolute atomic E-state index is 0.118. The number of hydrogen-bond donors (Lipinski definition) is 2. The number of nitrogens with one attached hydrogen (secondary N) is 1. The van der Waals surface area contributed by atoms with Crippen LogP contribution in [-0.2, 0) is 11.3 Å². The lowest BCUT2D eigenvalue weighted by atomic mass is 10.0. The zero-order valence-electron chi connectivity index (χ0n) is 11.8. The summed E-state index contributed by atoms with van der Waals surface area (Å²) in [6.07, 6.45) is 2.05. The summed E-state index contributed by atoms with van der Waals surface area (Å²) in [5.41, 5.74) is -0.128. The number of aliphatic hydroxyl groups excluding tert-OH is 1. The first-order valence-electron chi connectivity index (χ1n) is 6.71. The van der Waals surface area contributed by atoms with E-state index < -0.39 is 6.10 Å². The van der Waals surface area contributed by atoms with Gasteiger partial charge in [0.15, 0.2) is 0 Å². The number of nitrogens with zero attached hydrogens (tertiary/aromatic N) is 1. The molecule has 0 aliphatic heterocycles. The van der Waals surface area contributed by atoms with E-state index in [0.717, 1.165) is 4.47 Å². The number of carbonyl (C=O) groups excluding carboxylic acids is 1. The van der Waals surface area contributed by atoms with Crippen LogP contribution in [-0.4, -0.2) is 28.2 Å². The van der Waals surface area contributed by atoms with E-state index in [9.17, 15) is 14.7 Å². The highest BCUT2D eigenvalue weighted by Crippen LogP contribution is 2.05. The standard InChI is InChI=1S/C14H21BrN2O3/c1-10(2)12(18)5-7-16-13(19)6-8-17-9-11(15)3-4-14(17)20/h3-4,9-10,12,18H,5-8H2,1-2H3,(H,16,19). The van der Waals surface area contributed by atoms with Crippen molar-refractivity contribution in [3.05, 3.63) is 33.2 Å². The van der Waals surface area contributed by atoms with Gasteiger partial charge in [-0.2, -0.15) is 0 Å². The SMILES string of the molecule is CC(C)C(O)CCNC(=O)CCn1cc(Br)ccc1=O. The maximum absolute atomic E-state index is 11.6. The number of pyridine rings is 1. The number of halogens is 1. The van der Waals surface area contributed by atoms with Gasteiger partial charge in [-0.15, -0.1) is 0 Å². The van der Waals surface area contributed by atoms with Gasteiger partial charge >= 0.3 is 0 Å². The summed E-state index contributed by atoms with van der Waals surface area (Å²) in [6.45, 7) is 4.67. The Morgan fingerprint density at radius 1 is 1.45 bits per heavy atom. The number of rotatable bonds is 7. The van der Waals surface area contributed by atoms with E-state index >= 15 is 0 Å². The molecule has 1 heterocycles. The van der Waals surface area contributed by atoms with Crippen LogP contribution in [0.3, 0.4) is 0 Å². The van der Waals surface area contributed by atoms with Gasteiger partial charge in [-0.05, 0) is 34.3 Å². The van der Waals surface area contributed by atoms with Crippen molar-refractivity contribution >= 4 is 21.8 Å². The molecule has 0 saturated heterocycles. The van der Waals surface area contributed by atoms with Gasteiger partial charge in [0.25, 0.3) is 5.56 Å². The molecule has 1 rings (SSSR count). The van der Waals surface area contributed by atoms with Crippen LogP contribution in [0.5, 0.6) is 0 Å². The predicted octanol–water partition coefficient (Wildman–Crippen LogP) is 1.52. The van der Waals surface area contributed by atoms with Crippen LogP contribution in [0.15, 0.2) is 27.6 Å². The molecule has 20 heavy (non-hydrogen) atoms. The molecule has 0 bridgehead atoms. The second-order valence-corrected chi connectivity index (χ2v) is 5.99. The quantitative estimate of drug-likeness (QED) is 0.787. The highest BCUT2D eigenvalue weighted by atomic mass is 79.9. The summed E-state index contributed by atoms with van der Waals surface area (Å²) >= 11 is 3.29. The van der Waals surface area contributed by atoms with Gasteiger partial charge in [0.2, 0.25) is 5.91 Å². The Bertz CT molecular complexity index is 499. The van der Waals surface area contributed by atoms with E-state index in [-0.39, 0.29) is 23.8 Å². The fraction of sp³-hybridized carbons (Fsp3) is 0.571. The summed E-state index contributed by atoms with van der Waals surface area (Å²) in [5.74, 6) is 0.0694. The van der Waals surface area contributed by atoms with E-state index in [2.05, 4.69) is 21.2 Å². The van der Waals surface area contributed by atoms with Crippen molar-refractivity contribution in [3.63, 3.8) is 0 Å². The molecule has 1 aromatic heterocycles. The molecular formula is C14H21BrN2O3.